The Bertz CT molecular complexity index is 1050. The summed E-state index contributed by atoms with van der Waals surface area (Å²) in [4.78, 5) is 16.1. The monoisotopic (exact) mass is 369 g/mol. The molecule has 0 radical (unpaired) electrons. The molecule has 3 aromatic rings. The van der Waals surface area contributed by atoms with Crippen molar-refractivity contribution in [3.8, 4) is 0 Å². The summed E-state index contributed by atoms with van der Waals surface area (Å²) in [6.07, 6.45) is 1.78. The normalized spacial score (nSPS) is 12.8. The number of rotatable bonds is 6. The van der Waals surface area contributed by atoms with Crippen LogP contribution in [-0.4, -0.2) is 25.4 Å². The Kier molecular flexibility index (Phi) is 5.01. The van der Waals surface area contributed by atoms with Crippen LogP contribution in [0.1, 0.15) is 11.1 Å². The SMILES string of the molecule is Cc1cnc2c(S(=O)(=O)NC(Cc3ccccc3)C(N)=O)cccc2c1. The highest BCUT2D eigenvalue weighted by Crippen LogP contribution is 2.22. The molecule has 0 fully saturated rings. The maximum absolute atomic E-state index is 12.9. The number of fused-ring (bicyclic) bond motifs is 1. The molecule has 1 aromatic heterocycles. The standard InChI is InChI=1S/C19H19N3O3S/c1-13-10-15-8-5-9-17(18(15)21-12-13)26(24,25)22-16(19(20)23)11-14-6-3-2-4-7-14/h2-10,12,16,22H,11H2,1H3,(H2,20,23). The number of para-hydroxylation sites is 1. The average Bonchev–Trinajstić information content (AvgIpc) is 2.61. The Labute approximate surface area is 152 Å². The van der Waals surface area contributed by atoms with Crippen molar-refractivity contribution in [3.63, 3.8) is 0 Å². The number of nitrogens with zero attached hydrogens (tertiary/aromatic N) is 1. The Balaban J connectivity index is 1.95. The second kappa shape index (κ2) is 7.23. The highest BCUT2D eigenvalue weighted by atomic mass is 32.2. The zero-order chi connectivity index (χ0) is 18.7. The fraction of sp³-hybridized carbons (Fsp3) is 0.158. The molecule has 26 heavy (non-hydrogen) atoms. The molecule has 1 unspecified atom stereocenters. The number of nitrogens with two attached hydrogens (primary N) is 1. The maximum atomic E-state index is 12.9. The van der Waals surface area contributed by atoms with Crippen molar-refractivity contribution >= 4 is 26.8 Å². The molecule has 1 atom stereocenters. The maximum Gasteiger partial charge on any atom is 0.243 e. The minimum atomic E-state index is -3.98. The minimum absolute atomic E-state index is 0.0225. The third kappa shape index (κ3) is 3.89. The summed E-state index contributed by atoms with van der Waals surface area (Å²) in [5, 5.41) is 0.714. The van der Waals surface area contributed by atoms with Crippen LogP contribution in [0.15, 0.2) is 65.7 Å². The summed E-state index contributed by atoms with van der Waals surface area (Å²) in [6.45, 7) is 1.88. The smallest absolute Gasteiger partial charge is 0.243 e. The van der Waals surface area contributed by atoms with E-state index < -0.39 is 22.0 Å². The Morgan fingerprint density at radius 1 is 1.15 bits per heavy atom. The van der Waals surface area contributed by atoms with Crippen molar-refractivity contribution < 1.29 is 13.2 Å². The molecule has 0 bridgehead atoms. The number of nitrogens with one attached hydrogen (secondary N) is 1. The van der Waals surface area contributed by atoms with Crippen molar-refractivity contribution in [2.45, 2.75) is 24.3 Å². The molecule has 2 aromatic carbocycles. The second-order valence-corrected chi connectivity index (χ2v) is 7.79. The van der Waals surface area contributed by atoms with E-state index in [1.165, 1.54) is 6.07 Å². The molecule has 134 valence electrons. The van der Waals surface area contributed by atoms with E-state index in [0.29, 0.717) is 10.9 Å². The first-order chi connectivity index (χ1) is 12.4. The van der Waals surface area contributed by atoms with Gasteiger partial charge in [-0.05, 0) is 36.6 Å². The van der Waals surface area contributed by atoms with Crippen LogP contribution in [0, 0.1) is 6.92 Å². The molecular formula is C19H19N3O3S. The number of carbonyl (C=O) groups excluding carboxylic acids is 1. The lowest BCUT2D eigenvalue weighted by molar-refractivity contribution is -0.119. The molecule has 1 amide bonds. The number of pyridine rings is 1. The number of primary amides is 1. The van der Waals surface area contributed by atoms with Gasteiger partial charge in [-0.25, -0.2) is 8.42 Å². The van der Waals surface area contributed by atoms with Gasteiger partial charge in [0, 0.05) is 11.6 Å². The molecule has 6 nitrogen and oxygen atoms in total. The lowest BCUT2D eigenvalue weighted by Crippen LogP contribution is -2.45. The fourth-order valence-electron chi connectivity index (χ4n) is 2.76. The highest BCUT2D eigenvalue weighted by Gasteiger charge is 2.26. The van der Waals surface area contributed by atoms with Gasteiger partial charge in [-0.1, -0.05) is 42.5 Å². The van der Waals surface area contributed by atoms with E-state index in [-0.39, 0.29) is 11.3 Å². The van der Waals surface area contributed by atoms with Gasteiger partial charge in [0.05, 0.1) is 5.52 Å². The number of sulfonamides is 1. The molecule has 0 aliphatic heterocycles. The van der Waals surface area contributed by atoms with Crippen LogP contribution in [0.2, 0.25) is 0 Å². The molecule has 7 heteroatoms. The summed E-state index contributed by atoms with van der Waals surface area (Å²) in [5.41, 5.74) is 7.52. The van der Waals surface area contributed by atoms with Crippen LogP contribution in [0.5, 0.6) is 0 Å². The van der Waals surface area contributed by atoms with Gasteiger partial charge in [-0.15, -0.1) is 0 Å². The molecule has 0 saturated carbocycles. The van der Waals surface area contributed by atoms with Gasteiger partial charge < -0.3 is 5.73 Å². The van der Waals surface area contributed by atoms with Crippen LogP contribution >= 0.6 is 0 Å². The predicted octanol–water partition coefficient (Wildman–Crippen LogP) is 1.92. The highest BCUT2D eigenvalue weighted by molar-refractivity contribution is 7.89. The summed E-state index contributed by atoms with van der Waals surface area (Å²) in [7, 11) is -3.98. The van der Waals surface area contributed by atoms with E-state index in [0.717, 1.165) is 11.1 Å². The van der Waals surface area contributed by atoms with Gasteiger partial charge in [-0.2, -0.15) is 4.72 Å². The summed E-state index contributed by atoms with van der Waals surface area (Å²) in [5.74, 6) is -0.735. The zero-order valence-corrected chi connectivity index (χ0v) is 15.0. The zero-order valence-electron chi connectivity index (χ0n) is 14.2. The summed E-state index contributed by atoms with van der Waals surface area (Å²) >= 11 is 0. The number of carbonyl (C=O) groups is 1. The van der Waals surface area contributed by atoms with Gasteiger partial charge >= 0.3 is 0 Å². The number of benzene rings is 2. The Morgan fingerprint density at radius 2 is 1.88 bits per heavy atom. The van der Waals surface area contributed by atoms with E-state index in [4.69, 9.17) is 5.73 Å². The van der Waals surface area contributed by atoms with Crippen LogP contribution in [-0.2, 0) is 21.2 Å². The van der Waals surface area contributed by atoms with Crippen molar-refractivity contribution in [2.75, 3.05) is 0 Å². The topological polar surface area (TPSA) is 102 Å². The van der Waals surface area contributed by atoms with Crippen LogP contribution in [0.25, 0.3) is 10.9 Å². The second-order valence-electron chi connectivity index (χ2n) is 6.11. The van der Waals surface area contributed by atoms with Crippen LogP contribution in [0.4, 0.5) is 0 Å². The van der Waals surface area contributed by atoms with Crippen molar-refractivity contribution in [3.05, 3.63) is 71.9 Å². The molecule has 3 rings (SSSR count). The summed E-state index contributed by atoms with van der Waals surface area (Å²) in [6, 6.07) is 14.8. The van der Waals surface area contributed by atoms with Gasteiger partial charge in [0.2, 0.25) is 15.9 Å². The number of amides is 1. The minimum Gasteiger partial charge on any atom is -0.368 e. The van der Waals surface area contributed by atoms with Gasteiger partial charge in [-0.3, -0.25) is 9.78 Å². The number of hydrogen-bond acceptors (Lipinski definition) is 4. The molecular weight excluding hydrogens is 350 g/mol. The lowest BCUT2D eigenvalue weighted by atomic mass is 10.1. The Hall–Kier alpha value is -2.77. The van der Waals surface area contributed by atoms with Crippen molar-refractivity contribution in [2.24, 2.45) is 5.73 Å². The van der Waals surface area contributed by atoms with Crippen LogP contribution in [0.3, 0.4) is 0 Å². The van der Waals surface area contributed by atoms with E-state index in [2.05, 4.69) is 9.71 Å². The fourth-order valence-corrected chi connectivity index (χ4v) is 4.14. The molecule has 0 aliphatic rings. The van der Waals surface area contributed by atoms with E-state index in [9.17, 15) is 13.2 Å². The first-order valence-electron chi connectivity index (χ1n) is 8.08. The molecule has 0 spiro atoms. The molecule has 0 saturated heterocycles. The number of aryl methyl sites for hydroxylation is 1. The number of hydrogen-bond donors (Lipinski definition) is 2. The average molecular weight is 369 g/mol. The van der Waals surface area contributed by atoms with Crippen molar-refractivity contribution in [1.29, 1.82) is 0 Å². The first-order valence-corrected chi connectivity index (χ1v) is 9.56. The van der Waals surface area contributed by atoms with E-state index >= 15 is 0 Å². The third-order valence-electron chi connectivity index (χ3n) is 4.02. The molecule has 3 N–H and O–H groups in total. The molecule has 0 aliphatic carbocycles. The van der Waals surface area contributed by atoms with Gasteiger partial charge in [0.25, 0.3) is 0 Å². The third-order valence-corrected chi connectivity index (χ3v) is 5.53. The quantitative estimate of drug-likeness (QED) is 0.693. The van der Waals surface area contributed by atoms with Gasteiger partial charge in [0.15, 0.2) is 0 Å². The van der Waals surface area contributed by atoms with Gasteiger partial charge in [0.1, 0.15) is 10.9 Å². The van der Waals surface area contributed by atoms with E-state index in [1.807, 2.05) is 43.3 Å². The molecule has 1 heterocycles. The van der Waals surface area contributed by atoms with Crippen molar-refractivity contribution in [1.82, 2.24) is 9.71 Å². The summed E-state index contributed by atoms with van der Waals surface area (Å²) < 4.78 is 28.2. The first kappa shape index (κ1) is 18.0. The largest absolute Gasteiger partial charge is 0.368 e. The lowest BCUT2D eigenvalue weighted by Gasteiger charge is -2.16. The predicted molar refractivity (Wildman–Crippen MR) is 99.9 cm³/mol. The van der Waals surface area contributed by atoms with Crippen LogP contribution < -0.4 is 10.5 Å². The van der Waals surface area contributed by atoms with E-state index in [1.54, 1.807) is 18.3 Å². The Morgan fingerprint density at radius 3 is 2.58 bits per heavy atom. The number of aromatic nitrogens is 1.